The SMILES string of the molecule is Cc1nn(C)c(C)c1-c1ccc(CNC2CC2)o1. The Morgan fingerprint density at radius 1 is 1.39 bits per heavy atom. The zero-order valence-corrected chi connectivity index (χ0v) is 11.2. The van der Waals surface area contributed by atoms with Gasteiger partial charge in [-0.15, -0.1) is 0 Å². The lowest BCUT2D eigenvalue weighted by Gasteiger charge is -2.00. The fourth-order valence-electron chi connectivity index (χ4n) is 2.27. The molecule has 1 saturated carbocycles. The molecule has 96 valence electrons. The molecule has 1 fully saturated rings. The monoisotopic (exact) mass is 245 g/mol. The van der Waals surface area contributed by atoms with E-state index in [2.05, 4.69) is 23.4 Å². The summed E-state index contributed by atoms with van der Waals surface area (Å²) < 4.78 is 7.81. The average Bonchev–Trinajstić information content (AvgIpc) is 2.99. The fourth-order valence-corrected chi connectivity index (χ4v) is 2.27. The maximum Gasteiger partial charge on any atom is 0.138 e. The summed E-state index contributed by atoms with van der Waals surface area (Å²) in [7, 11) is 1.96. The van der Waals surface area contributed by atoms with E-state index in [0.717, 1.165) is 35.0 Å². The van der Waals surface area contributed by atoms with Crippen molar-refractivity contribution in [3.05, 3.63) is 29.3 Å². The van der Waals surface area contributed by atoms with Crippen LogP contribution in [0, 0.1) is 13.8 Å². The summed E-state index contributed by atoms with van der Waals surface area (Å²) in [6.07, 6.45) is 2.60. The molecule has 0 spiro atoms. The van der Waals surface area contributed by atoms with Crippen molar-refractivity contribution in [3.8, 4) is 11.3 Å². The maximum atomic E-state index is 5.91. The van der Waals surface area contributed by atoms with Gasteiger partial charge in [-0.05, 0) is 38.8 Å². The predicted octanol–water partition coefficient (Wildman–Crippen LogP) is 2.55. The first-order valence-corrected chi connectivity index (χ1v) is 6.48. The van der Waals surface area contributed by atoms with Gasteiger partial charge in [0.1, 0.15) is 11.5 Å². The van der Waals surface area contributed by atoms with Crippen LogP contribution >= 0.6 is 0 Å². The Morgan fingerprint density at radius 3 is 2.78 bits per heavy atom. The van der Waals surface area contributed by atoms with Crippen molar-refractivity contribution in [1.29, 1.82) is 0 Å². The first kappa shape index (κ1) is 11.5. The molecule has 2 aromatic heterocycles. The topological polar surface area (TPSA) is 43.0 Å². The molecule has 0 atom stereocenters. The summed E-state index contributed by atoms with van der Waals surface area (Å²) in [6.45, 7) is 4.91. The van der Waals surface area contributed by atoms with Gasteiger partial charge in [0.15, 0.2) is 0 Å². The number of aryl methyl sites for hydroxylation is 2. The van der Waals surface area contributed by atoms with Gasteiger partial charge < -0.3 is 9.73 Å². The van der Waals surface area contributed by atoms with Crippen LogP contribution in [0.15, 0.2) is 16.5 Å². The van der Waals surface area contributed by atoms with Crippen LogP contribution in [-0.2, 0) is 13.6 Å². The Balaban J connectivity index is 1.82. The van der Waals surface area contributed by atoms with Crippen molar-refractivity contribution in [3.63, 3.8) is 0 Å². The van der Waals surface area contributed by atoms with E-state index in [1.165, 1.54) is 12.8 Å². The molecule has 1 aliphatic rings. The lowest BCUT2D eigenvalue weighted by Crippen LogP contribution is -2.14. The fraction of sp³-hybridized carbons (Fsp3) is 0.500. The highest BCUT2D eigenvalue weighted by atomic mass is 16.3. The molecule has 0 radical (unpaired) electrons. The van der Waals surface area contributed by atoms with Gasteiger partial charge in [0, 0.05) is 18.8 Å². The van der Waals surface area contributed by atoms with Crippen LogP contribution in [0.3, 0.4) is 0 Å². The number of nitrogens with one attached hydrogen (secondary N) is 1. The number of aromatic nitrogens is 2. The Morgan fingerprint density at radius 2 is 2.17 bits per heavy atom. The second-order valence-corrected chi connectivity index (χ2v) is 5.09. The third-order valence-corrected chi connectivity index (χ3v) is 3.56. The van der Waals surface area contributed by atoms with Gasteiger partial charge >= 0.3 is 0 Å². The van der Waals surface area contributed by atoms with E-state index in [4.69, 9.17) is 4.42 Å². The van der Waals surface area contributed by atoms with Crippen LogP contribution in [0.25, 0.3) is 11.3 Å². The lowest BCUT2D eigenvalue weighted by atomic mass is 10.1. The zero-order valence-electron chi connectivity index (χ0n) is 11.2. The molecular formula is C14H19N3O. The van der Waals surface area contributed by atoms with Gasteiger partial charge in [-0.1, -0.05) is 0 Å². The van der Waals surface area contributed by atoms with E-state index in [1.807, 2.05) is 24.7 Å². The summed E-state index contributed by atoms with van der Waals surface area (Å²) in [5, 5.41) is 7.88. The minimum atomic E-state index is 0.709. The highest BCUT2D eigenvalue weighted by molar-refractivity contribution is 5.63. The normalized spacial score (nSPS) is 15.3. The van der Waals surface area contributed by atoms with Gasteiger partial charge in [-0.3, -0.25) is 4.68 Å². The molecule has 2 aromatic rings. The van der Waals surface area contributed by atoms with E-state index in [0.29, 0.717) is 6.04 Å². The van der Waals surface area contributed by atoms with Crippen LogP contribution in [0.5, 0.6) is 0 Å². The van der Waals surface area contributed by atoms with Crippen molar-refractivity contribution in [2.24, 2.45) is 7.05 Å². The molecule has 0 bridgehead atoms. The average molecular weight is 245 g/mol. The van der Waals surface area contributed by atoms with Gasteiger partial charge in [-0.25, -0.2) is 0 Å². The molecular weight excluding hydrogens is 226 g/mol. The quantitative estimate of drug-likeness (QED) is 0.900. The molecule has 1 N–H and O–H groups in total. The summed E-state index contributed by atoms with van der Waals surface area (Å²) >= 11 is 0. The van der Waals surface area contributed by atoms with Crippen LogP contribution in [0.2, 0.25) is 0 Å². The Hall–Kier alpha value is -1.55. The standard InChI is InChI=1S/C14H19N3O/c1-9-14(10(2)17(3)16-9)13-7-6-12(18-13)8-15-11-4-5-11/h6-7,11,15H,4-5,8H2,1-3H3. The highest BCUT2D eigenvalue weighted by Gasteiger charge is 2.21. The molecule has 2 heterocycles. The van der Waals surface area contributed by atoms with Crippen LogP contribution in [0.4, 0.5) is 0 Å². The van der Waals surface area contributed by atoms with E-state index in [9.17, 15) is 0 Å². The van der Waals surface area contributed by atoms with Gasteiger partial charge in [0.25, 0.3) is 0 Å². The molecule has 0 unspecified atom stereocenters. The minimum absolute atomic E-state index is 0.709. The lowest BCUT2D eigenvalue weighted by molar-refractivity contribution is 0.492. The van der Waals surface area contributed by atoms with Gasteiger partial charge in [0.05, 0.1) is 17.8 Å². The predicted molar refractivity (Wildman–Crippen MR) is 70.2 cm³/mol. The molecule has 0 aliphatic heterocycles. The summed E-state index contributed by atoms with van der Waals surface area (Å²) in [4.78, 5) is 0. The molecule has 1 aliphatic carbocycles. The smallest absolute Gasteiger partial charge is 0.138 e. The number of nitrogens with zero attached hydrogens (tertiary/aromatic N) is 2. The number of furan rings is 1. The van der Waals surface area contributed by atoms with Crippen molar-refractivity contribution in [1.82, 2.24) is 15.1 Å². The van der Waals surface area contributed by atoms with Crippen LogP contribution < -0.4 is 5.32 Å². The van der Waals surface area contributed by atoms with Gasteiger partial charge in [0.2, 0.25) is 0 Å². The third-order valence-electron chi connectivity index (χ3n) is 3.56. The summed E-state index contributed by atoms with van der Waals surface area (Å²) in [6, 6.07) is 4.80. The highest BCUT2D eigenvalue weighted by Crippen LogP contribution is 2.28. The molecule has 0 aromatic carbocycles. The molecule has 3 rings (SSSR count). The van der Waals surface area contributed by atoms with Crippen molar-refractivity contribution in [2.75, 3.05) is 0 Å². The Labute approximate surface area is 107 Å². The molecule has 4 nitrogen and oxygen atoms in total. The largest absolute Gasteiger partial charge is 0.460 e. The third kappa shape index (κ3) is 2.08. The number of hydrogen-bond donors (Lipinski definition) is 1. The number of rotatable bonds is 4. The van der Waals surface area contributed by atoms with Crippen molar-refractivity contribution in [2.45, 2.75) is 39.3 Å². The second-order valence-electron chi connectivity index (χ2n) is 5.09. The number of hydrogen-bond acceptors (Lipinski definition) is 3. The summed E-state index contributed by atoms with van der Waals surface area (Å²) in [5.41, 5.74) is 3.28. The van der Waals surface area contributed by atoms with E-state index in [1.54, 1.807) is 0 Å². The second kappa shape index (κ2) is 4.28. The molecule has 4 heteroatoms. The molecule has 18 heavy (non-hydrogen) atoms. The molecule has 0 amide bonds. The Bertz CT molecular complexity index is 564. The zero-order chi connectivity index (χ0) is 12.7. The maximum absolute atomic E-state index is 5.91. The minimum Gasteiger partial charge on any atom is -0.460 e. The van der Waals surface area contributed by atoms with Crippen molar-refractivity contribution < 1.29 is 4.42 Å². The van der Waals surface area contributed by atoms with Crippen molar-refractivity contribution >= 4 is 0 Å². The van der Waals surface area contributed by atoms with Gasteiger partial charge in [-0.2, -0.15) is 5.10 Å². The van der Waals surface area contributed by atoms with E-state index < -0.39 is 0 Å². The molecule has 0 saturated heterocycles. The first-order valence-electron chi connectivity index (χ1n) is 6.48. The first-order chi connectivity index (χ1) is 8.65. The van der Waals surface area contributed by atoms with Crippen LogP contribution in [0.1, 0.15) is 30.0 Å². The van der Waals surface area contributed by atoms with E-state index in [-0.39, 0.29) is 0 Å². The Kier molecular flexibility index (Phi) is 2.74. The van der Waals surface area contributed by atoms with Crippen LogP contribution in [-0.4, -0.2) is 15.8 Å². The van der Waals surface area contributed by atoms with E-state index >= 15 is 0 Å². The summed E-state index contributed by atoms with van der Waals surface area (Å²) in [5.74, 6) is 1.92.